The van der Waals surface area contributed by atoms with Gasteiger partial charge in [0, 0.05) is 0 Å². The summed E-state index contributed by atoms with van der Waals surface area (Å²) in [5.74, 6) is 0.819. The highest BCUT2D eigenvalue weighted by Gasteiger charge is 2.33. The van der Waals surface area contributed by atoms with Gasteiger partial charge in [0.15, 0.2) is 0 Å². The lowest BCUT2D eigenvalue weighted by atomic mass is 10.0. The number of nitrogens with one attached hydrogen (secondary N) is 1. The number of hydrogen-bond acceptors (Lipinski definition) is 5. The van der Waals surface area contributed by atoms with Gasteiger partial charge in [-0.05, 0) is 65.8 Å². The summed E-state index contributed by atoms with van der Waals surface area (Å²) in [5, 5.41) is 15.8. The lowest BCUT2D eigenvalue weighted by Gasteiger charge is -2.18. The van der Waals surface area contributed by atoms with Crippen molar-refractivity contribution in [2.75, 3.05) is 5.75 Å². The van der Waals surface area contributed by atoms with Gasteiger partial charge in [-0.3, -0.25) is 4.79 Å². The van der Waals surface area contributed by atoms with Crippen LogP contribution in [0, 0.1) is 19.8 Å². The summed E-state index contributed by atoms with van der Waals surface area (Å²) in [7, 11) is 0. The Balaban J connectivity index is 1.43. The van der Waals surface area contributed by atoms with E-state index in [1.54, 1.807) is 4.68 Å². The molecular weight excluding hydrogens is 370 g/mol. The van der Waals surface area contributed by atoms with E-state index in [0.717, 1.165) is 24.1 Å². The number of aromatic nitrogens is 4. The van der Waals surface area contributed by atoms with Gasteiger partial charge in [-0.2, -0.15) is 4.68 Å². The summed E-state index contributed by atoms with van der Waals surface area (Å²) in [6, 6.07) is 16.3. The normalized spacial score (nSPS) is 14.6. The molecule has 1 fully saturated rings. The van der Waals surface area contributed by atoms with Gasteiger partial charge in [-0.1, -0.05) is 54.2 Å². The molecule has 144 valence electrons. The summed E-state index contributed by atoms with van der Waals surface area (Å²) in [5.41, 5.74) is 4.41. The van der Waals surface area contributed by atoms with E-state index in [1.807, 2.05) is 37.3 Å². The molecule has 1 aliphatic rings. The Hall–Kier alpha value is -2.67. The number of thioether (sulfide) groups is 1. The average Bonchev–Trinajstić information content (AvgIpc) is 3.45. The van der Waals surface area contributed by atoms with Crippen LogP contribution < -0.4 is 5.32 Å². The van der Waals surface area contributed by atoms with Crippen LogP contribution in [-0.4, -0.2) is 31.9 Å². The van der Waals surface area contributed by atoms with Crippen LogP contribution in [0.1, 0.15) is 35.6 Å². The molecule has 6 nitrogen and oxygen atoms in total. The van der Waals surface area contributed by atoms with E-state index in [1.165, 1.54) is 22.9 Å². The Bertz CT molecular complexity index is 968. The lowest BCUT2D eigenvalue weighted by molar-refractivity contribution is -0.119. The number of aryl methyl sites for hydroxylation is 1. The molecule has 1 N–H and O–H groups in total. The SMILES string of the molecule is Cc1cccc(-n2nnnc2SCC(=O)NC(c2ccccc2)C2CC2)c1C. The van der Waals surface area contributed by atoms with Crippen LogP contribution in [0.3, 0.4) is 0 Å². The molecule has 1 aliphatic carbocycles. The molecule has 1 amide bonds. The summed E-state index contributed by atoms with van der Waals surface area (Å²) < 4.78 is 1.70. The number of carbonyl (C=O) groups excluding carboxylic acids is 1. The number of amides is 1. The van der Waals surface area contributed by atoms with Crippen molar-refractivity contribution in [1.82, 2.24) is 25.5 Å². The molecule has 1 aromatic heterocycles. The average molecular weight is 394 g/mol. The minimum absolute atomic E-state index is 0.00117. The van der Waals surface area contributed by atoms with E-state index in [-0.39, 0.29) is 17.7 Å². The summed E-state index contributed by atoms with van der Waals surface area (Å²) >= 11 is 1.36. The lowest BCUT2D eigenvalue weighted by Crippen LogP contribution is -2.31. The van der Waals surface area contributed by atoms with Crippen LogP contribution in [0.2, 0.25) is 0 Å². The Morgan fingerprint density at radius 1 is 1.18 bits per heavy atom. The molecule has 0 bridgehead atoms. The third-order valence-corrected chi connectivity index (χ3v) is 6.07. The molecule has 0 radical (unpaired) electrons. The molecule has 4 rings (SSSR count). The summed E-state index contributed by atoms with van der Waals surface area (Å²) in [6.45, 7) is 4.11. The third kappa shape index (κ3) is 4.09. The molecule has 3 aromatic rings. The molecule has 7 heteroatoms. The van der Waals surface area contributed by atoms with Crippen LogP contribution >= 0.6 is 11.8 Å². The molecule has 0 saturated heterocycles. The van der Waals surface area contributed by atoms with Crippen molar-refractivity contribution in [1.29, 1.82) is 0 Å². The van der Waals surface area contributed by atoms with E-state index < -0.39 is 0 Å². The van der Waals surface area contributed by atoms with E-state index in [9.17, 15) is 4.79 Å². The Kier molecular flexibility index (Phi) is 5.43. The molecular formula is C21H23N5OS. The molecule has 28 heavy (non-hydrogen) atoms. The number of rotatable bonds is 7. The highest BCUT2D eigenvalue weighted by Crippen LogP contribution is 2.41. The number of benzene rings is 2. The largest absolute Gasteiger partial charge is 0.348 e. The zero-order valence-electron chi connectivity index (χ0n) is 16.0. The van der Waals surface area contributed by atoms with Gasteiger partial charge < -0.3 is 5.32 Å². The van der Waals surface area contributed by atoms with Crippen LogP contribution in [0.25, 0.3) is 5.69 Å². The summed E-state index contributed by atoms with van der Waals surface area (Å²) in [4.78, 5) is 12.6. The van der Waals surface area contributed by atoms with Crippen molar-refractivity contribution in [3.05, 3.63) is 65.2 Å². The van der Waals surface area contributed by atoms with Crippen LogP contribution in [-0.2, 0) is 4.79 Å². The van der Waals surface area contributed by atoms with Crippen LogP contribution in [0.4, 0.5) is 0 Å². The first kappa shape index (κ1) is 18.7. The van der Waals surface area contributed by atoms with E-state index >= 15 is 0 Å². The van der Waals surface area contributed by atoms with E-state index in [2.05, 4.69) is 46.0 Å². The predicted octanol–water partition coefficient (Wildman–Crippen LogP) is 3.64. The van der Waals surface area contributed by atoms with Crippen molar-refractivity contribution in [3.8, 4) is 5.69 Å². The maximum absolute atomic E-state index is 12.6. The van der Waals surface area contributed by atoms with E-state index in [0.29, 0.717) is 11.1 Å². The molecule has 1 atom stereocenters. The first-order valence-corrected chi connectivity index (χ1v) is 10.4. The van der Waals surface area contributed by atoms with Crippen molar-refractivity contribution < 1.29 is 4.79 Å². The molecule has 0 aliphatic heterocycles. The number of hydrogen-bond donors (Lipinski definition) is 1. The highest BCUT2D eigenvalue weighted by atomic mass is 32.2. The first-order valence-electron chi connectivity index (χ1n) is 9.45. The van der Waals surface area contributed by atoms with Crippen molar-refractivity contribution >= 4 is 17.7 Å². The fourth-order valence-electron chi connectivity index (χ4n) is 3.29. The summed E-state index contributed by atoms with van der Waals surface area (Å²) in [6.07, 6.45) is 2.33. The molecule has 1 heterocycles. The minimum atomic E-state index is 0.00117. The fourth-order valence-corrected chi connectivity index (χ4v) is 3.99. The topological polar surface area (TPSA) is 72.7 Å². The zero-order chi connectivity index (χ0) is 19.5. The second-order valence-corrected chi connectivity index (χ2v) is 8.12. The quantitative estimate of drug-likeness (QED) is 0.621. The van der Waals surface area contributed by atoms with Gasteiger partial charge >= 0.3 is 0 Å². The Labute approximate surface area is 168 Å². The van der Waals surface area contributed by atoms with Gasteiger partial charge in [0.2, 0.25) is 11.1 Å². The second kappa shape index (κ2) is 8.14. The van der Waals surface area contributed by atoms with Gasteiger partial charge in [-0.15, -0.1) is 5.10 Å². The van der Waals surface area contributed by atoms with Crippen molar-refractivity contribution in [2.45, 2.75) is 37.9 Å². The Morgan fingerprint density at radius 2 is 1.96 bits per heavy atom. The monoisotopic (exact) mass is 393 g/mol. The van der Waals surface area contributed by atoms with Crippen LogP contribution in [0.15, 0.2) is 53.7 Å². The third-order valence-electron chi connectivity index (χ3n) is 5.15. The molecule has 1 saturated carbocycles. The maximum atomic E-state index is 12.6. The van der Waals surface area contributed by atoms with Crippen molar-refractivity contribution in [2.24, 2.45) is 5.92 Å². The van der Waals surface area contributed by atoms with Gasteiger partial charge in [0.05, 0.1) is 17.5 Å². The smallest absolute Gasteiger partial charge is 0.230 e. The highest BCUT2D eigenvalue weighted by molar-refractivity contribution is 7.99. The van der Waals surface area contributed by atoms with Crippen LogP contribution in [0.5, 0.6) is 0 Å². The predicted molar refractivity (Wildman–Crippen MR) is 109 cm³/mol. The number of tetrazole rings is 1. The second-order valence-electron chi connectivity index (χ2n) is 7.17. The number of carbonyl (C=O) groups is 1. The minimum Gasteiger partial charge on any atom is -0.348 e. The molecule has 1 unspecified atom stereocenters. The number of nitrogens with zero attached hydrogens (tertiary/aromatic N) is 4. The van der Waals surface area contributed by atoms with Gasteiger partial charge in [0.25, 0.3) is 0 Å². The fraction of sp³-hybridized carbons (Fsp3) is 0.333. The zero-order valence-corrected chi connectivity index (χ0v) is 16.8. The Morgan fingerprint density at radius 3 is 2.71 bits per heavy atom. The molecule has 2 aromatic carbocycles. The maximum Gasteiger partial charge on any atom is 0.230 e. The van der Waals surface area contributed by atoms with Crippen molar-refractivity contribution in [3.63, 3.8) is 0 Å². The van der Waals surface area contributed by atoms with E-state index in [4.69, 9.17) is 0 Å². The van der Waals surface area contributed by atoms with Gasteiger partial charge in [-0.25, -0.2) is 0 Å². The molecule has 0 spiro atoms. The first-order chi connectivity index (χ1) is 13.6. The standard InChI is InChI=1S/C21H23N5OS/c1-14-7-6-10-18(15(14)2)26-21(23-24-25-26)28-13-19(27)22-20(17-11-12-17)16-8-4-3-5-9-16/h3-10,17,20H,11-13H2,1-2H3,(H,22,27). The van der Waals surface area contributed by atoms with Gasteiger partial charge in [0.1, 0.15) is 0 Å².